The molecule has 2 heterocycles. The van der Waals surface area contributed by atoms with Crippen LogP contribution in [0.1, 0.15) is 82.7 Å². The second-order valence-electron chi connectivity index (χ2n) is 12.1. The molecule has 2 fully saturated rings. The summed E-state index contributed by atoms with van der Waals surface area (Å²) < 4.78 is 24.0. The highest BCUT2D eigenvalue weighted by Gasteiger charge is 2.63. The van der Waals surface area contributed by atoms with Gasteiger partial charge in [0.1, 0.15) is 17.2 Å². The zero-order valence-corrected chi connectivity index (χ0v) is 23.3. The van der Waals surface area contributed by atoms with Gasteiger partial charge in [-0.1, -0.05) is 12.1 Å². The quantitative estimate of drug-likeness (QED) is 0.290. The highest BCUT2D eigenvalue weighted by Crippen LogP contribution is 2.60. The molecule has 6 rings (SSSR count). The normalized spacial score (nSPS) is 33.5. The van der Waals surface area contributed by atoms with Crippen molar-refractivity contribution >= 4 is 11.6 Å². The first-order chi connectivity index (χ1) is 19.3. The largest absolute Gasteiger partial charge is 0.507 e. The van der Waals surface area contributed by atoms with Gasteiger partial charge in [0.2, 0.25) is 5.78 Å². The van der Waals surface area contributed by atoms with Crippen molar-refractivity contribution in [1.82, 2.24) is 0 Å². The number of benzene rings is 2. The van der Waals surface area contributed by atoms with Crippen molar-refractivity contribution < 1.29 is 49.0 Å². The van der Waals surface area contributed by atoms with Crippen molar-refractivity contribution in [2.24, 2.45) is 11.7 Å². The predicted molar refractivity (Wildman–Crippen MR) is 143 cm³/mol. The maximum absolute atomic E-state index is 13.8. The number of hydrogen-bond acceptors (Lipinski definition) is 11. The van der Waals surface area contributed by atoms with Crippen LogP contribution < -0.4 is 10.5 Å². The highest BCUT2D eigenvalue weighted by molar-refractivity contribution is 6.31. The Labute approximate surface area is 236 Å². The number of aliphatic hydroxyl groups excluding tert-OH is 2. The van der Waals surface area contributed by atoms with Crippen molar-refractivity contribution in [1.29, 1.82) is 0 Å². The van der Waals surface area contributed by atoms with Crippen LogP contribution in [0.2, 0.25) is 0 Å². The molecule has 2 aliphatic carbocycles. The lowest BCUT2D eigenvalue weighted by molar-refractivity contribution is -0.336. The Kier molecular flexibility index (Phi) is 6.49. The minimum absolute atomic E-state index is 0.000665. The Morgan fingerprint density at radius 2 is 1.80 bits per heavy atom. The summed E-state index contributed by atoms with van der Waals surface area (Å²) in [6.07, 6.45) is -2.99. The van der Waals surface area contributed by atoms with E-state index in [4.69, 9.17) is 24.7 Å². The summed E-state index contributed by atoms with van der Waals surface area (Å²) in [5.41, 5.74) is 4.25. The van der Waals surface area contributed by atoms with Crippen LogP contribution in [0.15, 0.2) is 18.2 Å². The van der Waals surface area contributed by atoms with Gasteiger partial charge >= 0.3 is 0 Å². The molecule has 2 aliphatic heterocycles. The number of carbonyl (C=O) groups is 2. The highest BCUT2D eigenvalue weighted by atomic mass is 16.7. The minimum atomic E-state index is -0.987. The summed E-state index contributed by atoms with van der Waals surface area (Å²) in [6.45, 7) is 5.18. The van der Waals surface area contributed by atoms with Crippen molar-refractivity contribution in [3.05, 3.63) is 51.6 Å². The molecule has 11 heteroatoms. The Hall–Kier alpha value is -3.06. The maximum Gasteiger partial charge on any atom is 0.202 e. The third kappa shape index (κ3) is 3.94. The van der Waals surface area contributed by atoms with E-state index in [1.807, 2.05) is 13.8 Å². The molecule has 1 spiro atoms. The van der Waals surface area contributed by atoms with Crippen LogP contribution in [0.3, 0.4) is 0 Å². The summed E-state index contributed by atoms with van der Waals surface area (Å²) in [4.78, 5) is 27.5. The first kappa shape index (κ1) is 28.1. The van der Waals surface area contributed by atoms with E-state index in [2.05, 4.69) is 0 Å². The number of methoxy groups -OCH3 is 1. The molecule has 0 amide bonds. The smallest absolute Gasteiger partial charge is 0.202 e. The second kappa shape index (κ2) is 9.48. The number of nitrogens with two attached hydrogens (primary N) is 1. The molecular weight excluding hydrogens is 534 g/mol. The first-order valence-electron chi connectivity index (χ1n) is 13.8. The van der Waals surface area contributed by atoms with E-state index in [-0.39, 0.29) is 70.9 Å². The predicted octanol–water partition coefficient (Wildman–Crippen LogP) is 1.86. The molecule has 7 atom stereocenters. The molecule has 220 valence electrons. The molecule has 0 radical (unpaired) electrons. The van der Waals surface area contributed by atoms with E-state index in [1.54, 1.807) is 19.1 Å². The third-order valence-corrected chi connectivity index (χ3v) is 9.28. The first-order valence-corrected chi connectivity index (χ1v) is 13.8. The van der Waals surface area contributed by atoms with E-state index in [0.717, 1.165) is 0 Å². The SMILES string of the molecule is COc1cccc2c1C(=O)c1c(O)c3c(c(O)c1C2=O)CC1(CC3OC2CC(N)C(O)C(C)O2)OC(C)(C)[C@H]1CO. The number of hydrogen-bond donors (Lipinski definition) is 5. The molecule has 41 heavy (non-hydrogen) atoms. The third-order valence-electron chi connectivity index (χ3n) is 9.28. The second-order valence-corrected chi connectivity index (χ2v) is 12.1. The number of rotatable bonds is 4. The number of fused-ring (bicyclic) bond motifs is 3. The maximum atomic E-state index is 13.8. The Balaban J connectivity index is 1.52. The molecule has 2 aromatic carbocycles. The number of aromatic hydroxyl groups is 2. The lowest BCUT2D eigenvalue weighted by atomic mass is 9.61. The van der Waals surface area contributed by atoms with Gasteiger partial charge in [-0.05, 0) is 26.8 Å². The molecule has 0 aromatic heterocycles. The van der Waals surface area contributed by atoms with Crippen molar-refractivity contribution in [3.63, 3.8) is 0 Å². The number of ketones is 2. The standard InChI is InChI=1S/C30H35NO10/c1-12-24(33)15(31)8-19(39-12)40-17-10-30(18(11-32)29(2,3)41-30)9-14-21(17)28(37)23-22(26(14)35)25(34)13-6-5-7-16(38-4)20(13)27(23)36/h5-7,12,15,17-19,24,32-33,35,37H,8-11,31H2,1-4H3/t12?,15?,17?,18-,19?,24?,30?/m1/s1. The molecule has 0 bridgehead atoms. The fourth-order valence-corrected chi connectivity index (χ4v) is 7.38. The molecular formula is C30H35NO10. The van der Waals surface area contributed by atoms with E-state index in [0.29, 0.717) is 0 Å². The van der Waals surface area contributed by atoms with Gasteiger partial charge in [0.15, 0.2) is 12.1 Å². The summed E-state index contributed by atoms with van der Waals surface area (Å²) in [6, 6.07) is 3.97. The molecule has 0 saturated carbocycles. The monoisotopic (exact) mass is 569 g/mol. The zero-order valence-electron chi connectivity index (χ0n) is 23.3. The van der Waals surface area contributed by atoms with E-state index in [9.17, 15) is 30.0 Å². The van der Waals surface area contributed by atoms with Crippen molar-refractivity contribution in [3.8, 4) is 17.2 Å². The fourth-order valence-electron chi connectivity index (χ4n) is 7.38. The van der Waals surface area contributed by atoms with Crippen LogP contribution in [0.4, 0.5) is 0 Å². The number of ether oxygens (including phenoxy) is 4. The molecule has 6 unspecified atom stereocenters. The fraction of sp³-hybridized carbons (Fsp3) is 0.533. The van der Waals surface area contributed by atoms with Gasteiger partial charge in [-0.25, -0.2) is 0 Å². The van der Waals surface area contributed by atoms with Crippen LogP contribution in [0.25, 0.3) is 0 Å². The van der Waals surface area contributed by atoms with E-state index < -0.39 is 64.9 Å². The van der Waals surface area contributed by atoms with Gasteiger partial charge in [-0.15, -0.1) is 0 Å². The van der Waals surface area contributed by atoms with Gasteiger partial charge in [0, 0.05) is 47.9 Å². The Bertz CT molecular complexity index is 1440. The summed E-state index contributed by atoms with van der Waals surface area (Å²) in [5, 5.41) is 44.0. The summed E-state index contributed by atoms with van der Waals surface area (Å²) >= 11 is 0. The molecule has 4 aliphatic rings. The minimum Gasteiger partial charge on any atom is -0.507 e. The van der Waals surface area contributed by atoms with Gasteiger partial charge in [0.05, 0.1) is 59.9 Å². The average Bonchev–Trinajstić information content (AvgIpc) is 2.91. The van der Waals surface area contributed by atoms with E-state index >= 15 is 0 Å². The molecule has 2 aromatic rings. The summed E-state index contributed by atoms with van der Waals surface area (Å²) in [5.74, 6) is -2.40. The van der Waals surface area contributed by atoms with Crippen LogP contribution in [0.5, 0.6) is 17.2 Å². The van der Waals surface area contributed by atoms with Crippen molar-refractivity contribution in [2.45, 2.75) is 81.9 Å². The van der Waals surface area contributed by atoms with Crippen LogP contribution in [-0.4, -0.2) is 81.5 Å². The number of phenolic OH excluding ortho intramolecular Hbond substituents is 2. The van der Waals surface area contributed by atoms with Gasteiger partial charge in [-0.3, -0.25) is 9.59 Å². The Morgan fingerprint density at radius 1 is 1.10 bits per heavy atom. The average molecular weight is 570 g/mol. The lowest BCUT2D eigenvalue weighted by Gasteiger charge is -2.62. The van der Waals surface area contributed by atoms with Gasteiger partial charge in [-0.2, -0.15) is 0 Å². The Morgan fingerprint density at radius 3 is 2.44 bits per heavy atom. The van der Waals surface area contributed by atoms with Gasteiger partial charge in [0.25, 0.3) is 0 Å². The van der Waals surface area contributed by atoms with Crippen molar-refractivity contribution in [2.75, 3.05) is 13.7 Å². The lowest BCUT2D eigenvalue weighted by Crippen LogP contribution is -2.69. The summed E-state index contributed by atoms with van der Waals surface area (Å²) in [7, 11) is 1.38. The topological polar surface area (TPSA) is 178 Å². The number of aliphatic hydroxyl groups is 2. The number of phenols is 2. The van der Waals surface area contributed by atoms with Crippen LogP contribution >= 0.6 is 0 Å². The van der Waals surface area contributed by atoms with Gasteiger partial charge < -0.3 is 45.1 Å². The molecule has 6 N–H and O–H groups in total. The zero-order chi connectivity index (χ0) is 29.6. The van der Waals surface area contributed by atoms with Crippen LogP contribution in [0, 0.1) is 5.92 Å². The molecule has 11 nitrogen and oxygen atoms in total. The van der Waals surface area contributed by atoms with Crippen LogP contribution in [-0.2, 0) is 20.6 Å². The van der Waals surface area contributed by atoms with E-state index in [1.165, 1.54) is 13.2 Å². The molecule has 2 saturated heterocycles. The number of carbonyl (C=O) groups excluding carboxylic acids is 2.